The Hall–Kier alpha value is -2.38. The van der Waals surface area contributed by atoms with E-state index < -0.39 is 0 Å². The number of rotatable bonds is 9. The van der Waals surface area contributed by atoms with Crippen molar-refractivity contribution in [3.8, 4) is 0 Å². The van der Waals surface area contributed by atoms with Crippen LogP contribution in [0.3, 0.4) is 0 Å². The van der Waals surface area contributed by atoms with Gasteiger partial charge >= 0.3 is 0 Å². The number of carbonyl (C=O) groups excluding carboxylic acids is 1. The van der Waals surface area contributed by atoms with Crippen molar-refractivity contribution < 1.29 is 4.79 Å². The number of hydrogen-bond acceptors (Lipinski definition) is 4. The van der Waals surface area contributed by atoms with Gasteiger partial charge in [-0.1, -0.05) is 18.2 Å². The highest BCUT2D eigenvalue weighted by Gasteiger charge is 2.24. The van der Waals surface area contributed by atoms with Crippen LogP contribution in [0.15, 0.2) is 46.8 Å². The molecule has 0 bridgehead atoms. The number of aliphatic imine (C=N–C) groups is 1. The maximum absolute atomic E-state index is 11.8. The highest BCUT2D eigenvalue weighted by Crippen LogP contribution is 2.28. The lowest BCUT2D eigenvalue weighted by Crippen LogP contribution is -2.39. The maximum atomic E-state index is 11.8. The van der Waals surface area contributed by atoms with Crippen molar-refractivity contribution in [2.45, 2.75) is 32.2 Å². The summed E-state index contributed by atoms with van der Waals surface area (Å²) in [4.78, 5) is 20.7. The number of guanidine groups is 1. The number of benzene rings is 1. The number of nitrogens with zero attached hydrogens (tertiary/aromatic N) is 2. The molecular formula is C23H33N5OS. The first-order chi connectivity index (χ1) is 14.7. The van der Waals surface area contributed by atoms with Gasteiger partial charge in [0.05, 0.1) is 12.6 Å². The van der Waals surface area contributed by atoms with Gasteiger partial charge in [0.2, 0.25) is 0 Å². The maximum Gasteiger partial charge on any atom is 0.251 e. The molecule has 1 aromatic heterocycles. The van der Waals surface area contributed by atoms with E-state index in [-0.39, 0.29) is 5.91 Å². The van der Waals surface area contributed by atoms with Crippen molar-refractivity contribution in [1.29, 1.82) is 0 Å². The average molecular weight is 428 g/mol. The van der Waals surface area contributed by atoms with Crippen LogP contribution in [0.25, 0.3) is 0 Å². The van der Waals surface area contributed by atoms with Gasteiger partial charge in [-0.2, -0.15) is 0 Å². The summed E-state index contributed by atoms with van der Waals surface area (Å²) in [6.45, 7) is 6.73. The number of amides is 1. The summed E-state index contributed by atoms with van der Waals surface area (Å²) in [6, 6.07) is 12.5. The molecule has 3 rings (SSSR count). The van der Waals surface area contributed by atoms with Gasteiger partial charge in [0.25, 0.3) is 5.91 Å². The molecule has 1 atom stereocenters. The lowest BCUT2D eigenvalue weighted by molar-refractivity contribution is 0.0963. The number of hydrogen-bond donors (Lipinski definition) is 3. The van der Waals surface area contributed by atoms with Crippen LogP contribution in [0.4, 0.5) is 0 Å². The molecule has 1 amide bonds. The molecule has 7 heteroatoms. The molecule has 1 unspecified atom stereocenters. The summed E-state index contributed by atoms with van der Waals surface area (Å²) >= 11 is 1.82. The SMILES string of the molecule is CCNC(=NCC(c1cccs1)N1CCCC1)NCCc1cccc(C(=O)NC)c1. The third-order valence-corrected chi connectivity index (χ3v) is 6.32. The standard InChI is InChI=1S/C23H33N5OS/c1-3-25-23(26-12-11-18-8-6-9-19(16-18)22(29)24-2)27-17-20(21-10-7-15-30-21)28-13-4-5-14-28/h6-10,15-16,20H,3-5,11-14,17H2,1-2H3,(H,24,29)(H2,25,26,27). The molecule has 1 aliphatic heterocycles. The zero-order valence-corrected chi connectivity index (χ0v) is 18.8. The van der Waals surface area contributed by atoms with Crippen LogP contribution < -0.4 is 16.0 Å². The van der Waals surface area contributed by atoms with E-state index in [2.05, 4.69) is 51.4 Å². The molecule has 30 heavy (non-hydrogen) atoms. The second kappa shape index (κ2) is 11.7. The van der Waals surface area contributed by atoms with Gasteiger partial charge in [-0.25, -0.2) is 0 Å². The summed E-state index contributed by atoms with van der Waals surface area (Å²) in [5, 5.41) is 11.6. The molecular weight excluding hydrogens is 394 g/mol. The van der Waals surface area contributed by atoms with Crippen molar-refractivity contribution in [2.75, 3.05) is 39.8 Å². The van der Waals surface area contributed by atoms with Gasteiger partial charge in [0, 0.05) is 30.6 Å². The van der Waals surface area contributed by atoms with Gasteiger partial charge in [-0.3, -0.25) is 14.7 Å². The van der Waals surface area contributed by atoms with E-state index in [1.165, 1.54) is 17.7 Å². The van der Waals surface area contributed by atoms with Gasteiger partial charge < -0.3 is 16.0 Å². The fraction of sp³-hybridized carbons (Fsp3) is 0.478. The van der Waals surface area contributed by atoms with E-state index in [9.17, 15) is 4.79 Å². The van der Waals surface area contributed by atoms with Gasteiger partial charge in [0.1, 0.15) is 0 Å². The number of carbonyl (C=O) groups is 1. The summed E-state index contributed by atoms with van der Waals surface area (Å²) < 4.78 is 0. The molecule has 2 heterocycles. The lowest BCUT2D eigenvalue weighted by atomic mass is 10.1. The molecule has 1 aromatic carbocycles. The third kappa shape index (κ3) is 6.31. The minimum Gasteiger partial charge on any atom is -0.357 e. The second-order valence-corrected chi connectivity index (χ2v) is 8.43. The van der Waals surface area contributed by atoms with Crippen LogP contribution in [-0.4, -0.2) is 56.5 Å². The van der Waals surface area contributed by atoms with Crippen molar-refractivity contribution >= 4 is 23.2 Å². The first-order valence-electron chi connectivity index (χ1n) is 10.8. The highest BCUT2D eigenvalue weighted by molar-refractivity contribution is 7.10. The van der Waals surface area contributed by atoms with Crippen molar-refractivity contribution in [1.82, 2.24) is 20.9 Å². The summed E-state index contributed by atoms with van der Waals surface area (Å²) in [5.41, 5.74) is 1.83. The van der Waals surface area contributed by atoms with Crippen LogP contribution in [0.1, 0.15) is 46.6 Å². The van der Waals surface area contributed by atoms with E-state index in [1.54, 1.807) is 7.05 Å². The van der Waals surface area contributed by atoms with Crippen LogP contribution >= 0.6 is 11.3 Å². The molecule has 0 saturated carbocycles. The molecule has 1 saturated heterocycles. The molecule has 3 N–H and O–H groups in total. The molecule has 0 aliphatic carbocycles. The minimum atomic E-state index is -0.0544. The zero-order valence-electron chi connectivity index (χ0n) is 18.0. The molecule has 6 nitrogen and oxygen atoms in total. The van der Waals surface area contributed by atoms with Gasteiger partial charge in [0.15, 0.2) is 5.96 Å². The predicted molar refractivity (Wildman–Crippen MR) is 125 cm³/mol. The minimum absolute atomic E-state index is 0.0544. The number of likely N-dealkylation sites (tertiary alicyclic amines) is 1. The Kier molecular flexibility index (Phi) is 8.71. The summed E-state index contributed by atoms with van der Waals surface area (Å²) in [5.74, 6) is 0.793. The Morgan fingerprint density at radius 1 is 1.20 bits per heavy atom. The summed E-state index contributed by atoms with van der Waals surface area (Å²) in [7, 11) is 1.65. The smallest absolute Gasteiger partial charge is 0.251 e. The van der Waals surface area contributed by atoms with Crippen molar-refractivity contribution in [3.63, 3.8) is 0 Å². The Bertz CT molecular complexity index is 815. The first-order valence-corrected chi connectivity index (χ1v) is 11.7. The third-order valence-electron chi connectivity index (χ3n) is 5.34. The van der Waals surface area contributed by atoms with Crippen LogP contribution in [0.2, 0.25) is 0 Å². The Labute approximate surface area is 183 Å². The Balaban J connectivity index is 1.59. The van der Waals surface area contributed by atoms with E-state index in [0.29, 0.717) is 11.6 Å². The van der Waals surface area contributed by atoms with E-state index in [4.69, 9.17) is 4.99 Å². The highest BCUT2D eigenvalue weighted by atomic mass is 32.1. The Morgan fingerprint density at radius 3 is 2.73 bits per heavy atom. The molecule has 1 fully saturated rings. The fourth-order valence-corrected chi connectivity index (χ4v) is 4.63. The molecule has 0 spiro atoms. The molecule has 0 radical (unpaired) electrons. The van der Waals surface area contributed by atoms with Crippen LogP contribution in [0.5, 0.6) is 0 Å². The topological polar surface area (TPSA) is 68.8 Å². The van der Waals surface area contributed by atoms with Gasteiger partial charge in [-0.05, 0) is 68.4 Å². The zero-order chi connectivity index (χ0) is 21.2. The molecule has 162 valence electrons. The van der Waals surface area contributed by atoms with E-state index in [1.807, 2.05) is 29.5 Å². The molecule has 2 aromatic rings. The largest absolute Gasteiger partial charge is 0.357 e. The van der Waals surface area contributed by atoms with E-state index >= 15 is 0 Å². The molecule has 1 aliphatic rings. The van der Waals surface area contributed by atoms with Crippen molar-refractivity contribution in [2.24, 2.45) is 4.99 Å². The van der Waals surface area contributed by atoms with Crippen LogP contribution in [0, 0.1) is 0 Å². The average Bonchev–Trinajstić information content (AvgIpc) is 3.48. The quantitative estimate of drug-likeness (QED) is 0.425. The van der Waals surface area contributed by atoms with Crippen LogP contribution in [-0.2, 0) is 6.42 Å². The number of nitrogens with one attached hydrogen (secondary N) is 3. The predicted octanol–water partition coefficient (Wildman–Crippen LogP) is 3.04. The lowest BCUT2D eigenvalue weighted by Gasteiger charge is -2.25. The number of thiophene rings is 1. The normalized spacial score (nSPS) is 15.7. The van der Waals surface area contributed by atoms with Crippen molar-refractivity contribution in [3.05, 3.63) is 57.8 Å². The van der Waals surface area contributed by atoms with E-state index in [0.717, 1.165) is 50.7 Å². The fourth-order valence-electron chi connectivity index (χ4n) is 3.78. The summed E-state index contributed by atoms with van der Waals surface area (Å²) in [6.07, 6.45) is 3.38. The second-order valence-electron chi connectivity index (χ2n) is 7.45. The van der Waals surface area contributed by atoms with Gasteiger partial charge in [-0.15, -0.1) is 11.3 Å². The first kappa shape index (κ1) is 22.3. The monoisotopic (exact) mass is 427 g/mol. The Morgan fingerprint density at radius 2 is 2.03 bits per heavy atom.